The molecule has 7 nitrogen and oxygen atoms in total. The number of para-hydroxylation sites is 2. The zero-order chi connectivity index (χ0) is 17.4. The smallest absolute Gasteiger partial charge is 0.326 e. The van der Waals surface area contributed by atoms with Crippen molar-refractivity contribution in [3.8, 4) is 11.5 Å². The van der Waals surface area contributed by atoms with E-state index in [1.807, 2.05) is 13.0 Å². The third-order valence-electron chi connectivity index (χ3n) is 3.76. The average Bonchev–Trinajstić information content (AvgIpc) is 2.59. The Kier molecular flexibility index (Phi) is 6.87. The molecule has 1 aromatic rings. The van der Waals surface area contributed by atoms with E-state index in [0.29, 0.717) is 37.7 Å². The van der Waals surface area contributed by atoms with Crippen LogP contribution in [0.15, 0.2) is 24.3 Å². The quantitative estimate of drug-likeness (QED) is 0.746. The molecule has 1 aromatic carbocycles. The van der Waals surface area contributed by atoms with Crippen molar-refractivity contribution in [1.29, 1.82) is 0 Å². The van der Waals surface area contributed by atoms with Gasteiger partial charge in [0.1, 0.15) is 6.04 Å². The van der Waals surface area contributed by atoms with Crippen LogP contribution >= 0.6 is 0 Å². The maximum atomic E-state index is 12.1. The lowest BCUT2D eigenvalue weighted by molar-refractivity contribution is -0.145. The maximum absolute atomic E-state index is 12.1. The van der Waals surface area contributed by atoms with Crippen molar-refractivity contribution >= 4 is 11.9 Å². The molecule has 1 aliphatic rings. The summed E-state index contributed by atoms with van der Waals surface area (Å²) in [5.41, 5.74) is 0. The topological polar surface area (TPSA) is 94.1 Å². The molecule has 2 rings (SSSR count). The van der Waals surface area contributed by atoms with E-state index in [-0.39, 0.29) is 12.5 Å². The number of carboxylic acid groups (broad SMARTS) is 1. The lowest BCUT2D eigenvalue weighted by Crippen LogP contribution is -2.49. The molecule has 1 saturated heterocycles. The monoisotopic (exact) mass is 337 g/mol. The Balaban J connectivity index is 1.90. The predicted octanol–water partition coefficient (Wildman–Crippen LogP) is 1.46. The number of hydrogen-bond donors (Lipinski definition) is 2. The van der Waals surface area contributed by atoms with E-state index in [1.165, 1.54) is 0 Å². The van der Waals surface area contributed by atoms with Crippen molar-refractivity contribution in [2.24, 2.45) is 5.92 Å². The van der Waals surface area contributed by atoms with E-state index in [9.17, 15) is 14.7 Å². The summed E-state index contributed by atoms with van der Waals surface area (Å²) in [6, 6.07) is 6.05. The number of carbonyl (C=O) groups excluding carboxylic acids is 1. The first-order valence-electron chi connectivity index (χ1n) is 8.06. The van der Waals surface area contributed by atoms with E-state index in [2.05, 4.69) is 5.32 Å². The van der Waals surface area contributed by atoms with Crippen molar-refractivity contribution < 1.29 is 28.9 Å². The van der Waals surface area contributed by atoms with E-state index in [0.717, 1.165) is 6.42 Å². The molecule has 1 heterocycles. The highest BCUT2D eigenvalue weighted by atomic mass is 16.5. The van der Waals surface area contributed by atoms with Gasteiger partial charge in [0.15, 0.2) is 18.1 Å². The highest BCUT2D eigenvalue weighted by molar-refractivity contribution is 5.84. The Hall–Kier alpha value is -2.28. The van der Waals surface area contributed by atoms with Gasteiger partial charge in [-0.25, -0.2) is 4.79 Å². The highest BCUT2D eigenvalue weighted by Crippen LogP contribution is 2.26. The summed E-state index contributed by atoms with van der Waals surface area (Å²) in [6.07, 6.45) is 1.51. The molecule has 132 valence electrons. The Morgan fingerprint density at radius 1 is 1.33 bits per heavy atom. The van der Waals surface area contributed by atoms with Crippen LogP contribution in [0, 0.1) is 5.92 Å². The first kappa shape index (κ1) is 18.1. The summed E-state index contributed by atoms with van der Waals surface area (Å²) in [6.45, 7) is 3.03. The predicted molar refractivity (Wildman–Crippen MR) is 86.2 cm³/mol. The van der Waals surface area contributed by atoms with Gasteiger partial charge in [0.25, 0.3) is 5.91 Å². The van der Waals surface area contributed by atoms with Gasteiger partial charge in [-0.15, -0.1) is 0 Å². The van der Waals surface area contributed by atoms with Crippen molar-refractivity contribution in [3.63, 3.8) is 0 Å². The average molecular weight is 337 g/mol. The second-order valence-electron chi connectivity index (χ2n) is 5.53. The van der Waals surface area contributed by atoms with Crippen LogP contribution < -0.4 is 14.8 Å². The molecule has 0 spiro atoms. The molecule has 0 aliphatic carbocycles. The molecular weight excluding hydrogens is 314 g/mol. The van der Waals surface area contributed by atoms with Crippen LogP contribution in [0.2, 0.25) is 0 Å². The number of carboxylic acids is 1. The van der Waals surface area contributed by atoms with Crippen LogP contribution in [0.5, 0.6) is 11.5 Å². The van der Waals surface area contributed by atoms with Gasteiger partial charge >= 0.3 is 5.97 Å². The van der Waals surface area contributed by atoms with Crippen LogP contribution in [0.25, 0.3) is 0 Å². The number of rotatable bonds is 8. The maximum Gasteiger partial charge on any atom is 0.326 e. The van der Waals surface area contributed by atoms with Gasteiger partial charge in [0, 0.05) is 12.5 Å². The SMILES string of the molecule is CCOc1ccccc1OCC(=O)NC(C(=O)O)C1CCCOC1. The number of aliphatic carboxylic acids is 1. The summed E-state index contributed by atoms with van der Waals surface area (Å²) < 4.78 is 16.2. The highest BCUT2D eigenvalue weighted by Gasteiger charge is 2.31. The third-order valence-corrected chi connectivity index (χ3v) is 3.76. The largest absolute Gasteiger partial charge is 0.490 e. The molecule has 1 aliphatic heterocycles. The molecule has 7 heteroatoms. The van der Waals surface area contributed by atoms with Crippen LogP contribution in [-0.4, -0.2) is 49.5 Å². The van der Waals surface area contributed by atoms with Gasteiger partial charge in [-0.05, 0) is 31.9 Å². The third kappa shape index (κ3) is 5.13. The summed E-state index contributed by atoms with van der Waals surface area (Å²) in [4.78, 5) is 23.5. The van der Waals surface area contributed by atoms with Crippen molar-refractivity contribution in [1.82, 2.24) is 5.32 Å². The molecule has 0 radical (unpaired) electrons. The number of nitrogens with one attached hydrogen (secondary N) is 1. The van der Waals surface area contributed by atoms with Gasteiger partial charge in [-0.1, -0.05) is 12.1 Å². The van der Waals surface area contributed by atoms with Crippen LogP contribution in [-0.2, 0) is 14.3 Å². The van der Waals surface area contributed by atoms with Gasteiger partial charge in [0.05, 0.1) is 13.2 Å². The summed E-state index contributed by atoms with van der Waals surface area (Å²) in [5.74, 6) is -0.783. The summed E-state index contributed by atoms with van der Waals surface area (Å²) >= 11 is 0. The normalized spacial score (nSPS) is 18.5. The van der Waals surface area contributed by atoms with E-state index < -0.39 is 17.9 Å². The number of ether oxygens (including phenoxy) is 3. The minimum atomic E-state index is -1.06. The van der Waals surface area contributed by atoms with Gasteiger partial charge in [0.2, 0.25) is 0 Å². The fraction of sp³-hybridized carbons (Fsp3) is 0.529. The van der Waals surface area contributed by atoms with E-state index in [1.54, 1.807) is 18.2 Å². The van der Waals surface area contributed by atoms with Crippen molar-refractivity contribution in [2.45, 2.75) is 25.8 Å². The molecule has 1 amide bonds. The Morgan fingerprint density at radius 3 is 2.62 bits per heavy atom. The van der Waals surface area contributed by atoms with Crippen molar-refractivity contribution in [3.05, 3.63) is 24.3 Å². The minimum Gasteiger partial charge on any atom is -0.490 e. The number of carbonyl (C=O) groups is 2. The van der Waals surface area contributed by atoms with E-state index in [4.69, 9.17) is 14.2 Å². The van der Waals surface area contributed by atoms with Crippen LogP contribution in [0.4, 0.5) is 0 Å². The fourth-order valence-corrected chi connectivity index (χ4v) is 2.61. The lowest BCUT2D eigenvalue weighted by atomic mass is 9.93. The lowest BCUT2D eigenvalue weighted by Gasteiger charge is -2.28. The fourth-order valence-electron chi connectivity index (χ4n) is 2.61. The summed E-state index contributed by atoms with van der Waals surface area (Å²) in [5, 5.41) is 11.9. The number of amides is 1. The Labute approximate surface area is 140 Å². The molecular formula is C17H23NO6. The molecule has 0 bridgehead atoms. The van der Waals surface area contributed by atoms with Crippen molar-refractivity contribution in [2.75, 3.05) is 26.4 Å². The van der Waals surface area contributed by atoms with E-state index >= 15 is 0 Å². The molecule has 0 aromatic heterocycles. The summed E-state index contributed by atoms with van der Waals surface area (Å²) in [7, 11) is 0. The Bertz CT molecular complexity index is 556. The first-order valence-corrected chi connectivity index (χ1v) is 8.06. The molecule has 2 N–H and O–H groups in total. The zero-order valence-electron chi connectivity index (χ0n) is 13.7. The number of benzene rings is 1. The molecule has 2 unspecified atom stereocenters. The second kappa shape index (κ2) is 9.12. The molecule has 24 heavy (non-hydrogen) atoms. The van der Waals surface area contributed by atoms with Gasteiger partial charge in [-0.2, -0.15) is 0 Å². The second-order valence-corrected chi connectivity index (χ2v) is 5.53. The van der Waals surface area contributed by atoms with Gasteiger partial charge in [-0.3, -0.25) is 4.79 Å². The number of hydrogen-bond acceptors (Lipinski definition) is 5. The van der Waals surface area contributed by atoms with Crippen LogP contribution in [0.3, 0.4) is 0 Å². The minimum absolute atomic E-state index is 0.226. The van der Waals surface area contributed by atoms with Gasteiger partial charge < -0.3 is 24.6 Å². The molecule has 1 fully saturated rings. The standard InChI is InChI=1S/C17H23NO6/c1-2-23-13-7-3-4-8-14(13)24-11-15(19)18-16(17(20)21)12-6-5-9-22-10-12/h3-4,7-8,12,16H,2,5-6,9-11H2,1H3,(H,18,19)(H,20,21). The molecule has 2 atom stereocenters. The zero-order valence-corrected chi connectivity index (χ0v) is 13.7. The first-order chi connectivity index (χ1) is 11.6. The molecule has 0 saturated carbocycles. The Morgan fingerprint density at radius 2 is 2.04 bits per heavy atom. The van der Waals surface area contributed by atoms with Crippen LogP contribution in [0.1, 0.15) is 19.8 Å².